The van der Waals surface area contributed by atoms with Crippen molar-refractivity contribution >= 4 is 15.8 Å². The van der Waals surface area contributed by atoms with E-state index >= 15 is 0 Å². The van der Waals surface area contributed by atoms with Gasteiger partial charge in [-0.2, -0.15) is 0 Å². The Morgan fingerprint density at radius 3 is 2.33 bits per heavy atom. The van der Waals surface area contributed by atoms with E-state index in [0.717, 1.165) is 0 Å². The van der Waals surface area contributed by atoms with Gasteiger partial charge in [-0.15, -0.1) is 0 Å². The van der Waals surface area contributed by atoms with E-state index in [-0.39, 0.29) is 6.10 Å². The molecule has 0 radical (unpaired) electrons. The van der Waals surface area contributed by atoms with Gasteiger partial charge in [0.15, 0.2) is 15.1 Å². The molecule has 1 aliphatic rings. The van der Waals surface area contributed by atoms with E-state index in [1.807, 2.05) is 0 Å². The maximum absolute atomic E-state index is 12.3. The first-order chi connectivity index (χ1) is 8.05. The number of hydrogen-bond acceptors (Lipinski definition) is 5. The summed E-state index contributed by atoms with van der Waals surface area (Å²) in [5, 5.41) is -1.76. The molecular formula is C12H22O5S. The topological polar surface area (TPSA) is 69.7 Å². The quantitative estimate of drug-likeness (QED) is 0.728. The van der Waals surface area contributed by atoms with E-state index in [1.54, 1.807) is 27.7 Å². The summed E-state index contributed by atoms with van der Waals surface area (Å²) in [6.07, 6.45) is 0.0799. The number of hydrogen-bond donors (Lipinski definition) is 0. The normalized spacial score (nSPS) is 26.9. The van der Waals surface area contributed by atoms with Gasteiger partial charge in [0, 0.05) is 6.61 Å². The number of ether oxygens (including phenoxy) is 2. The van der Waals surface area contributed by atoms with Crippen LogP contribution in [-0.4, -0.2) is 43.2 Å². The van der Waals surface area contributed by atoms with E-state index in [4.69, 9.17) is 9.47 Å². The highest BCUT2D eigenvalue weighted by Crippen LogP contribution is 2.25. The lowest BCUT2D eigenvalue weighted by molar-refractivity contribution is -0.153. The van der Waals surface area contributed by atoms with Gasteiger partial charge < -0.3 is 9.47 Å². The van der Waals surface area contributed by atoms with Gasteiger partial charge in [-0.3, -0.25) is 4.79 Å². The molecule has 0 saturated carbocycles. The molecule has 1 aliphatic heterocycles. The van der Waals surface area contributed by atoms with E-state index < -0.39 is 31.9 Å². The lowest BCUT2D eigenvalue weighted by atomic mass is 10.2. The third-order valence-corrected chi connectivity index (χ3v) is 5.60. The van der Waals surface area contributed by atoms with Gasteiger partial charge in [-0.1, -0.05) is 0 Å². The number of carbonyl (C=O) groups is 1. The molecule has 0 aromatic rings. The van der Waals surface area contributed by atoms with Crippen molar-refractivity contribution in [2.75, 3.05) is 6.61 Å². The van der Waals surface area contributed by atoms with Crippen LogP contribution < -0.4 is 0 Å². The van der Waals surface area contributed by atoms with Gasteiger partial charge in [-0.25, -0.2) is 8.42 Å². The monoisotopic (exact) mass is 278 g/mol. The summed E-state index contributed by atoms with van der Waals surface area (Å²) in [5.74, 6) is -0.693. The third kappa shape index (κ3) is 3.45. The van der Waals surface area contributed by atoms with Crippen molar-refractivity contribution in [2.24, 2.45) is 0 Å². The van der Waals surface area contributed by atoms with Crippen LogP contribution in [0, 0.1) is 0 Å². The Morgan fingerprint density at radius 1 is 1.39 bits per heavy atom. The van der Waals surface area contributed by atoms with Gasteiger partial charge in [0.2, 0.25) is 0 Å². The molecular weight excluding hydrogens is 256 g/mol. The van der Waals surface area contributed by atoms with Crippen molar-refractivity contribution in [3.8, 4) is 0 Å². The molecule has 0 amide bonds. The van der Waals surface area contributed by atoms with Gasteiger partial charge in [0.05, 0.1) is 11.4 Å². The molecule has 1 saturated heterocycles. The summed E-state index contributed by atoms with van der Waals surface area (Å²) < 4.78 is 35.0. The first-order valence-corrected chi connectivity index (χ1v) is 7.74. The fraction of sp³-hybridized carbons (Fsp3) is 0.917. The molecule has 1 fully saturated rings. The standard InChI is InChI=1S/C12H22O5S/c1-8-10(6-7-16-8)18(14,15)9(2)11(13)17-12(3,4)5/h8-10H,6-7H2,1-5H3. The Bertz CT molecular complexity index is 407. The van der Waals surface area contributed by atoms with Crippen LogP contribution in [0.1, 0.15) is 41.0 Å². The maximum atomic E-state index is 12.3. The molecule has 0 N–H and O–H groups in total. The highest BCUT2D eigenvalue weighted by Gasteiger charge is 2.43. The Hall–Kier alpha value is -0.620. The predicted molar refractivity (Wildman–Crippen MR) is 68.0 cm³/mol. The minimum atomic E-state index is -3.56. The minimum absolute atomic E-state index is 0.361. The van der Waals surface area contributed by atoms with Gasteiger partial charge in [-0.05, 0) is 41.0 Å². The highest BCUT2D eigenvalue weighted by atomic mass is 32.2. The Morgan fingerprint density at radius 2 is 1.94 bits per heavy atom. The smallest absolute Gasteiger partial charge is 0.324 e. The Kier molecular flexibility index (Phi) is 4.43. The van der Waals surface area contributed by atoms with E-state index in [9.17, 15) is 13.2 Å². The van der Waals surface area contributed by atoms with Gasteiger partial charge >= 0.3 is 5.97 Å². The Balaban J connectivity index is 2.82. The van der Waals surface area contributed by atoms with E-state index in [2.05, 4.69) is 0 Å². The van der Waals surface area contributed by atoms with Crippen LogP contribution in [0.3, 0.4) is 0 Å². The SMILES string of the molecule is CC1OCCC1S(=O)(=O)C(C)C(=O)OC(C)(C)C. The van der Waals surface area contributed by atoms with Crippen molar-refractivity contribution < 1.29 is 22.7 Å². The first-order valence-electron chi connectivity index (χ1n) is 6.13. The number of sulfone groups is 1. The minimum Gasteiger partial charge on any atom is -0.459 e. The molecule has 3 unspecified atom stereocenters. The summed E-state index contributed by atoms with van der Waals surface area (Å²) in [6, 6.07) is 0. The third-order valence-electron chi connectivity index (χ3n) is 2.96. The second-order valence-corrected chi connectivity index (χ2v) is 8.16. The average molecular weight is 278 g/mol. The molecule has 0 bridgehead atoms. The van der Waals surface area contributed by atoms with E-state index in [0.29, 0.717) is 13.0 Å². The molecule has 1 rings (SSSR count). The fourth-order valence-corrected chi connectivity index (χ4v) is 3.80. The number of carbonyl (C=O) groups excluding carboxylic acids is 1. The summed E-state index contributed by atoms with van der Waals surface area (Å²) >= 11 is 0. The molecule has 106 valence electrons. The molecule has 1 heterocycles. The van der Waals surface area contributed by atoms with Gasteiger partial charge in [0.1, 0.15) is 5.60 Å². The van der Waals surface area contributed by atoms with Crippen LogP contribution in [0.15, 0.2) is 0 Å². The summed E-state index contributed by atoms with van der Waals surface area (Å²) in [7, 11) is -3.56. The molecule has 6 heteroatoms. The lowest BCUT2D eigenvalue weighted by Crippen LogP contribution is -2.41. The van der Waals surface area contributed by atoms with Crippen molar-refractivity contribution in [3.63, 3.8) is 0 Å². The largest absolute Gasteiger partial charge is 0.459 e. The van der Waals surface area contributed by atoms with Crippen LogP contribution in [0.25, 0.3) is 0 Å². The molecule has 0 spiro atoms. The number of esters is 1. The zero-order valence-electron chi connectivity index (χ0n) is 11.6. The average Bonchev–Trinajstić information content (AvgIpc) is 2.61. The molecule has 0 aromatic heterocycles. The predicted octanol–water partition coefficient (Wildman–Crippen LogP) is 1.31. The number of rotatable bonds is 3. The maximum Gasteiger partial charge on any atom is 0.324 e. The Labute approximate surface area is 109 Å². The summed E-state index contributed by atoms with van der Waals surface area (Å²) in [4.78, 5) is 11.8. The second kappa shape index (κ2) is 5.17. The second-order valence-electron chi connectivity index (χ2n) is 5.67. The van der Waals surface area contributed by atoms with Crippen LogP contribution in [0.5, 0.6) is 0 Å². The summed E-state index contributed by atoms with van der Waals surface area (Å²) in [6.45, 7) is 8.67. The van der Waals surface area contributed by atoms with Crippen molar-refractivity contribution in [2.45, 2.75) is 63.2 Å². The lowest BCUT2D eigenvalue weighted by Gasteiger charge is -2.24. The van der Waals surface area contributed by atoms with Crippen molar-refractivity contribution in [1.29, 1.82) is 0 Å². The molecule has 3 atom stereocenters. The fourth-order valence-electron chi connectivity index (χ4n) is 1.92. The van der Waals surface area contributed by atoms with Crippen molar-refractivity contribution in [3.05, 3.63) is 0 Å². The van der Waals surface area contributed by atoms with Gasteiger partial charge in [0.25, 0.3) is 0 Å². The zero-order valence-corrected chi connectivity index (χ0v) is 12.4. The molecule has 18 heavy (non-hydrogen) atoms. The zero-order chi connectivity index (χ0) is 14.1. The molecule has 0 aliphatic carbocycles. The van der Waals surface area contributed by atoms with Crippen LogP contribution in [0.4, 0.5) is 0 Å². The molecule has 0 aromatic carbocycles. The van der Waals surface area contributed by atoms with Crippen LogP contribution >= 0.6 is 0 Å². The van der Waals surface area contributed by atoms with Crippen LogP contribution in [-0.2, 0) is 24.1 Å². The highest BCUT2D eigenvalue weighted by molar-refractivity contribution is 7.93. The molecule has 5 nitrogen and oxygen atoms in total. The first kappa shape index (κ1) is 15.4. The van der Waals surface area contributed by atoms with Crippen molar-refractivity contribution in [1.82, 2.24) is 0 Å². The van der Waals surface area contributed by atoms with E-state index in [1.165, 1.54) is 6.92 Å². The summed E-state index contributed by atoms with van der Waals surface area (Å²) in [5.41, 5.74) is -0.682. The van der Waals surface area contributed by atoms with Crippen LogP contribution in [0.2, 0.25) is 0 Å².